The number of nitrogens with zero attached hydrogens (tertiary/aromatic N) is 3. The van der Waals surface area contributed by atoms with Crippen molar-refractivity contribution in [1.82, 2.24) is 20.5 Å². The molecule has 3 heterocycles. The fraction of sp³-hybridized carbons (Fsp3) is 0.176. The highest BCUT2D eigenvalue weighted by Crippen LogP contribution is 2.30. The van der Waals surface area contributed by atoms with Gasteiger partial charge >= 0.3 is 0 Å². The van der Waals surface area contributed by atoms with Crippen LogP contribution < -0.4 is 16.0 Å². The Morgan fingerprint density at radius 3 is 2.44 bits per heavy atom. The number of thiophene rings is 1. The molecule has 0 unspecified atom stereocenters. The summed E-state index contributed by atoms with van der Waals surface area (Å²) in [5.41, 5.74) is 1.47. The van der Waals surface area contributed by atoms with Crippen molar-refractivity contribution in [2.24, 2.45) is 0 Å². The Kier molecular flexibility index (Phi) is 6.44. The number of amides is 1. The molecule has 0 aliphatic heterocycles. The third-order valence-electron chi connectivity index (χ3n) is 3.45. The van der Waals surface area contributed by atoms with E-state index in [1.54, 1.807) is 24.4 Å². The van der Waals surface area contributed by atoms with Gasteiger partial charge in [0.25, 0.3) is 5.91 Å². The summed E-state index contributed by atoms with van der Waals surface area (Å²) in [6, 6.07) is 8.98. The van der Waals surface area contributed by atoms with Crippen LogP contribution in [0.4, 0.5) is 17.5 Å². The van der Waals surface area contributed by atoms with Gasteiger partial charge in [-0.2, -0.15) is 0 Å². The van der Waals surface area contributed by atoms with Gasteiger partial charge in [0.05, 0.1) is 9.90 Å². The summed E-state index contributed by atoms with van der Waals surface area (Å²) in [5, 5.41) is 17.1. The van der Waals surface area contributed by atoms with E-state index in [9.17, 15) is 4.79 Å². The maximum atomic E-state index is 12.0. The number of pyridine rings is 1. The van der Waals surface area contributed by atoms with Gasteiger partial charge < -0.3 is 16.0 Å². The maximum Gasteiger partial charge on any atom is 0.253 e. The number of hydrogen-bond acceptors (Lipinski definition) is 7. The summed E-state index contributed by atoms with van der Waals surface area (Å²) in [5.74, 6) is 1.63. The van der Waals surface area contributed by atoms with Crippen LogP contribution in [0.5, 0.6) is 0 Å². The van der Waals surface area contributed by atoms with Gasteiger partial charge in [-0.3, -0.25) is 4.79 Å². The minimum Gasteiger partial charge on any atom is -0.367 e. The van der Waals surface area contributed by atoms with Crippen LogP contribution in [0.2, 0.25) is 8.67 Å². The first-order valence-corrected chi connectivity index (χ1v) is 9.59. The topological polar surface area (TPSA) is 91.8 Å². The largest absolute Gasteiger partial charge is 0.367 e. The van der Waals surface area contributed by atoms with E-state index in [4.69, 9.17) is 23.2 Å². The molecule has 0 saturated heterocycles. The minimum atomic E-state index is -0.263. The van der Waals surface area contributed by atoms with Crippen molar-refractivity contribution >= 4 is 57.9 Å². The van der Waals surface area contributed by atoms with Crippen LogP contribution in [0, 0.1) is 6.92 Å². The summed E-state index contributed by atoms with van der Waals surface area (Å²) in [6.45, 7) is 2.86. The summed E-state index contributed by atoms with van der Waals surface area (Å²) in [4.78, 5) is 16.3. The molecule has 10 heteroatoms. The number of halogens is 2. The maximum absolute atomic E-state index is 12.0. The molecule has 140 valence electrons. The van der Waals surface area contributed by atoms with Gasteiger partial charge in [-0.15, -0.1) is 21.5 Å². The molecule has 27 heavy (non-hydrogen) atoms. The van der Waals surface area contributed by atoms with E-state index in [0.717, 1.165) is 16.9 Å². The Hall–Kier alpha value is -2.42. The zero-order valence-electron chi connectivity index (χ0n) is 14.3. The normalized spacial score (nSPS) is 10.5. The third-order valence-corrected chi connectivity index (χ3v) is 4.94. The Morgan fingerprint density at radius 1 is 1.07 bits per heavy atom. The van der Waals surface area contributed by atoms with Gasteiger partial charge in [0.2, 0.25) is 0 Å². The SMILES string of the molecule is Cc1ccc(Nc2ccc(NCCNC(=O)c3cc(Cl)sc3Cl)nn2)nc1. The highest BCUT2D eigenvalue weighted by molar-refractivity contribution is 7.20. The smallest absolute Gasteiger partial charge is 0.253 e. The first kappa shape index (κ1) is 19.3. The van der Waals surface area contributed by atoms with Crippen LogP contribution in [0.15, 0.2) is 36.5 Å². The Balaban J connectivity index is 1.44. The number of aromatic nitrogens is 3. The third kappa shape index (κ3) is 5.53. The molecule has 0 saturated carbocycles. The van der Waals surface area contributed by atoms with Crippen LogP contribution in [-0.4, -0.2) is 34.2 Å². The molecule has 0 spiro atoms. The van der Waals surface area contributed by atoms with Crippen molar-refractivity contribution < 1.29 is 4.79 Å². The standard InChI is InChI=1S/C17H16Cl2N6OS/c1-10-2-3-13(22-9-10)23-15-5-4-14(24-25-15)20-6-7-21-17(26)11-8-12(18)27-16(11)19/h2-5,8-9H,6-7H2,1H3,(H,20,24)(H,21,26)(H,22,23,25). The van der Waals surface area contributed by atoms with Crippen LogP contribution in [0.3, 0.4) is 0 Å². The van der Waals surface area contributed by atoms with E-state index in [2.05, 4.69) is 31.1 Å². The molecule has 3 rings (SSSR count). The number of anilines is 3. The number of hydrogen-bond donors (Lipinski definition) is 3. The van der Waals surface area contributed by atoms with Crippen LogP contribution in [0.25, 0.3) is 0 Å². The molecular formula is C17H16Cl2N6OS. The first-order valence-electron chi connectivity index (χ1n) is 8.01. The van der Waals surface area contributed by atoms with E-state index < -0.39 is 0 Å². The molecule has 0 aliphatic rings. The summed E-state index contributed by atoms with van der Waals surface area (Å²) in [7, 11) is 0. The van der Waals surface area contributed by atoms with E-state index in [0.29, 0.717) is 44.8 Å². The van der Waals surface area contributed by atoms with Crippen molar-refractivity contribution in [2.75, 3.05) is 23.7 Å². The van der Waals surface area contributed by atoms with Crippen LogP contribution in [0.1, 0.15) is 15.9 Å². The molecule has 0 radical (unpaired) electrons. The van der Waals surface area contributed by atoms with Crippen LogP contribution in [-0.2, 0) is 0 Å². The van der Waals surface area contributed by atoms with Crippen molar-refractivity contribution in [3.8, 4) is 0 Å². The molecule has 0 aliphatic carbocycles. The number of rotatable bonds is 7. The lowest BCUT2D eigenvalue weighted by atomic mass is 10.3. The lowest BCUT2D eigenvalue weighted by Gasteiger charge is -2.08. The van der Waals surface area contributed by atoms with Crippen LogP contribution >= 0.6 is 34.5 Å². The average molecular weight is 423 g/mol. The number of carbonyl (C=O) groups excluding carboxylic acids is 1. The van der Waals surface area contributed by atoms with E-state index in [-0.39, 0.29) is 5.91 Å². The highest BCUT2D eigenvalue weighted by Gasteiger charge is 2.13. The second-order valence-corrected chi connectivity index (χ2v) is 7.86. The predicted molar refractivity (Wildman–Crippen MR) is 109 cm³/mol. The molecular weight excluding hydrogens is 407 g/mol. The van der Waals surface area contributed by atoms with Gasteiger partial charge in [-0.25, -0.2) is 4.98 Å². The van der Waals surface area contributed by atoms with Gasteiger partial charge in [0, 0.05) is 19.3 Å². The summed E-state index contributed by atoms with van der Waals surface area (Å²) in [6.07, 6.45) is 1.78. The Bertz CT molecular complexity index is 914. The van der Waals surface area contributed by atoms with Crippen molar-refractivity contribution in [3.05, 3.63) is 56.3 Å². The number of carbonyl (C=O) groups is 1. The monoisotopic (exact) mass is 422 g/mol. The van der Waals surface area contributed by atoms with E-state index >= 15 is 0 Å². The molecule has 0 atom stereocenters. The van der Waals surface area contributed by atoms with E-state index in [1.807, 2.05) is 19.1 Å². The highest BCUT2D eigenvalue weighted by atomic mass is 35.5. The molecule has 3 aromatic heterocycles. The Morgan fingerprint density at radius 2 is 1.81 bits per heavy atom. The molecule has 0 bridgehead atoms. The lowest BCUT2D eigenvalue weighted by Crippen LogP contribution is -2.28. The van der Waals surface area contributed by atoms with Gasteiger partial charge in [0.15, 0.2) is 5.82 Å². The molecule has 7 nitrogen and oxygen atoms in total. The quantitative estimate of drug-likeness (QED) is 0.495. The second-order valence-electron chi connectivity index (χ2n) is 5.57. The van der Waals surface area contributed by atoms with Crippen molar-refractivity contribution in [3.63, 3.8) is 0 Å². The van der Waals surface area contributed by atoms with Gasteiger partial charge in [-0.1, -0.05) is 29.3 Å². The lowest BCUT2D eigenvalue weighted by molar-refractivity contribution is 0.0956. The van der Waals surface area contributed by atoms with E-state index in [1.165, 1.54) is 0 Å². The molecule has 1 amide bonds. The summed E-state index contributed by atoms with van der Waals surface area (Å²) < 4.78 is 0.857. The molecule has 3 N–H and O–H groups in total. The number of nitrogens with one attached hydrogen (secondary N) is 3. The molecule has 3 aromatic rings. The zero-order valence-corrected chi connectivity index (χ0v) is 16.6. The summed E-state index contributed by atoms with van der Waals surface area (Å²) >= 11 is 13.0. The molecule has 0 aromatic carbocycles. The predicted octanol–water partition coefficient (Wildman–Crippen LogP) is 4.13. The fourth-order valence-corrected chi connectivity index (χ4v) is 3.58. The minimum absolute atomic E-state index is 0.263. The Labute approximate surface area is 170 Å². The average Bonchev–Trinajstić information content (AvgIpc) is 3.00. The van der Waals surface area contributed by atoms with Crippen molar-refractivity contribution in [1.29, 1.82) is 0 Å². The first-order chi connectivity index (χ1) is 13.0. The zero-order chi connectivity index (χ0) is 19.2. The van der Waals surface area contributed by atoms with Gasteiger partial charge in [0.1, 0.15) is 16.0 Å². The van der Waals surface area contributed by atoms with Gasteiger partial charge in [-0.05, 0) is 36.8 Å². The second kappa shape index (κ2) is 8.98. The number of aryl methyl sites for hydroxylation is 1. The van der Waals surface area contributed by atoms with Crippen molar-refractivity contribution in [2.45, 2.75) is 6.92 Å². The molecule has 0 fully saturated rings. The fourth-order valence-electron chi connectivity index (χ4n) is 2.12.